The van der Waals surface area contributed by atoms with E-state index in [2.05, 4.69) is 67.2 Å². The summed E-state index contributed by atoms with van der Waals surface area (Å²) in [6.45, 7) is 8.76. The van der Waals surface area contributed by atoms with Gasteiger partial charge in [0.15, 0.2) is 0 Å². The minimum absolute atomic E-state index is 0.520. The van der Waals surface area contributed by atoms with Gasteiger partial charge >= 0.3 is 0 Å². The van der Waals surface area contributed by atoms with E-state index in [-0.39, 0.29) is 0 Å². The third-order valence-electron chi connectivity index (χ3n) is 4.32. The van der Waals surface area contributed by atoms with E-state index in [0.29, 0.717) is 5.92 Å². The van der Waals surface area contributed by atoms with E-state index < -0.39 is 0 Å². The molecule has 0 radical (unpaired) electrons. The zero-order valence-electron chi connectivity index (χ0n) is 13.5. The van der Waals surface area contributed by atoms with Crippen molar-refractivity contribution < 1.29 is 0 Å². The van der Waals surface area contributed by atoms with Gasteiger partial charge in [0.05, 0.1) is 5.39 Å². The number of rotatable bonds is 4. The molecule has 1 N–H and O–H groups in total. The van der Waals surface area contributed by atoms with Crippen LogP contribution in [0.2, 0.25) is 0 Å². The summed E-state index contributed by atoms with van der Waals surface area (Å²) in [5.74, 6) is 1.42. The van der Waals surface area contributed by atoms with Crippen LogP contribution in [0.15, 0.2) is 30.6 Å². The fraction of sp³-hybridized carbons (Fsp3) is 0.333. The van der Waals surface area contributed by atoms with Crippen LogP contribution in [0, 0.1) is 13.8 Å². The molecule has 0 aliphatic rings. The molecule has 0 aliphatic heterocycles. The molecule has 0 amide bonds. The van der Waals surface area contributed by atoms with Crippen LogP contribution in [0.1, 0.15) is 42.2 Å². The lowest BCUT2D eigenvalue weighted by atomic mass is 9.97. The number of nitrogens with zero attached hydrogens (tertiary/aromatic N) is 2. The number of hydrogen-bond donors (Lipinski definition) is 1. The maximum Gasteiger partial charge on any atom is 0.142 e. The van der Waals surface area contributed by atoms with Crippen LogP contribution in [0.5, 0.6) is 0 Å². The Morgan fingerprint density at radius 3 is 2.73 bits per heavy atom. The summed E-state index contributed by atoms with van der Waals surface area (Å²) in [4.78, 5) is 11.2. The first kappa shape index (κ1) is 15.0. The lowest BCUT2D eigenvalue weighted by Crippen LogP contribution is -2.01. The van der Waals surface area contributed by atoms with Crippen molar-refractivity contribution in [3.05, 3.63) is 46.6 Å². The molecular formula is C18H21N3S. The molecule has 3 aromatic rings. The van der Waals surface area contributed by atoms with Crippen LogP contribution < -0.4 is 5.32 Å². The van der Waals surface area contributed by atoms with Gasteiger partial charge in [0.2, 0.25) is 0 Å². The SMILES string of the molecule is CCC(C)c1ccccc1Nc1ncnc2sc(C)c(C)c12. The lowest BCUT2D eigenvalue weighted by Gasteiger charge is -2.16. The monoisotopic (exact) mass is 311 g/mol. The lowest BCUT2D eigenvalue weighted by molar-refractivity contribution is 0.735. The van der Waals surface area contributed by atoms with Crippen LogP contribution >= 0.6 is 11.3 Å². The van der Waals surface area contributed by atoms with Crippen molar-refractivity contribution >= 4 is 33.1 Å². The van der Waals surface area contributed by atoms with Gasteiger partial charge in [-0.1, -0.05) is 32.0 Å². The molecule has 0 bridgehead atoms. The Bertz CT molecular complexity index is 807. The average molecular weight is 311 g/mol. The number of aromatic nitrogens is 2. The molecule has 3 nitrogen and oxygen atoms in total. The van der Waals surface area contributed by atoms with Crippen LogP contribution in [0.25, 0.3) is 10.2 Å². The summed E-state index contributed by atoms with van der Waals surface area (Å²) in [6, 6.07) is 8.49. The Hall–Kier alpha value is -1.94. The van der Waals surface area contributed by atoms with Gasteiger partial charge < -0.3 is 5.32 Å². The molecule has 3 rings (SSSR count). The highest BCUT2D eigenvalue weighted by Crippen LogP contribution is 2.35. The number of nitrogens with one attached hydrogen (secondary N) is 1. The maximum absolute atomic E-state index is 4.49. The van der Waals surface area contributed by atoms with Crippen molar-refractivity contribution in [2.45, 2.75) is 40.0 Å². The van der Waals surface area contributed by atoms with E-state index in [9.17, 15) is 0 Å². The Balaban J connectivity index is 2.08. The molecule has 1 unspecified atom stereocenters. The van der Waals surface area contributed by atoms with E-state index >= 15 is 0 Å². The predicted octanol–water partition coefficient (Wildman–Crippen LogP) is 5.57. The van der Waals surface area contributed by atoms with Crippen molar-refractivity contribution in [3.63, 3.8) is 0 Å². The highest BCUT2D eigenvalue weighted by atomic mass is 32.1. The van der Waals surface area contributed by atoms with E-state index in [1.54, 1.807) is 17.7 Å². The molecule has 0 saturated carbocycles. The molecule has 1 aromatic carbocycles. The highest BCUT2D eigenvalue weighted by Gasteiger charge is 2.14. The van der Waals surface area contributed by atoms with Crippen molar-refractivity contribution in [1.82, 2.24) is 9.97 Å². The zero-order valence-corrected chi connectivity index (χ0v) is 14.3. The van der Waals surface area contributed by atoms with E-state index in [4.69, 9.17) is 0 Å². The second kappa shape index (κ2) is 6.05. The topological polar surface area (TPSA) is 37.8 Å². The summed E-state index contributed by atoms with van der Waals surface area (Å²) >= 11 is 1.73. The summed E-state index contributed by atoms with van der Waals surface area (Å²) in [5, 5.41) is 4.68. The fourth-order valence-electron chi connectivity index (χ4n) is 2.67. The summed E-state index contributed by atoms with van der Waals surface area (Å²) in [5.41, 5.74) is 3.74. The minimum Gasteiger partial charge on any atom is -0.339 e. The number of anilines is 2. The van der Waals surface area contributed by atoms with E-state index in [0.717, 1.165) is 28.1 Å². The third kappa shape index (κ3) is 2.59. The second-order valence-electron chi connectivity index (χ2n) is 5.71. The quantitative estimate of drug-likeness (QED) is 0.685. The van der Waals surface area contributed by atoms with Gasteiger partial charge in [0, 0.05) is 10.6 Å². The minimum atomic E-state index is 0.520. The summed E-state index contributed by atoms with van der Waals surface area (Å²) in [7, 11) is 0. The molecule has 4 heteroatoms. The van der Waals surface area contributed by atoms with Crippen LogP contribution in [0.3, 0.4) is 0 Å². The Morgan fingerprint density at radius 1 is 1.18 bits per heavy atom. The highest BCUT2D eigenvalue weighted by molar-refractivity contribution is 7.18. The molecule has 0 fully saturated rings. The van der Waals surface area contributed by atoms with Gasteiger partial charge in [-0.3, -0.25) is 0 Å². The number of benzene rings is 1. The first-order valence-corrected chi connectivity index (χ1v) is 8.50. The first-order valence-electron chi connectivity index (χ1n) is 7.68. The predicted molar refractivity (Wildman–Crippen MR) is 95.3 cm³/mol. The molecule has 2 aromatic heterocycles. The van der Waals surface area contributed by atoms with Crippen LogP contribution in [0.4, 0.5) is 11.5 Å². The van der Waals surface area contributed by atoms with E-state index in [1.165, 1.54) is 16.0 Å². The van der Waals surface area contributed by atoms with Crippen molar-refractivity contribution in [2.24, 2.45) is 0 Å². The Morgan fingerprint density at radius 2 is 1.95 bits per heavy atom. The van der Waals surface area contributed by atoms with Gasteiger partial charge in [-0.05, 0) is 43.4 Å². The zero-order chi connectivity index (χ0) is 15.7. The molecule has 2 heterocycles. The Labute approximate surface area is 135 Å². The number of para-hydroxylation sites is 1. The van der Waals surface area contributed by atoms with E-state index in [1.807, 2.05) is 0 Å². The van der Waals surface area contributed by atoms with Gasteiger partial charge in [0.25, 0.3) is 0 Å². The summed E-state index contributed by atoms with van der Waals surface area (Å²) < 4.78 is 0. The van der Waals surface area contributed by atoms with Crippen LogP contribution in [-0.2, 0) is 0 Å². The van der Waals surface area contributed by atoms with Crippen molar-refractivity contribution in [2.75, 3.05) is 5.32 Å². The average Bonchev–Trinajstić information content (AvgIpc) is 2.83. The molecule has 0 spiro atoms. The Kier molecular flexibility index (Phi) is 4.12. The van der Waals surface area contributed by atoms with Gasteiger partial charge in [0.1, 0.15) is 17.0 Å². The number of thiophene rings is 1. The number of aryl methyl sites for hydroxylation is 2. The largest absolute Gasteiger partial charge is 0.339 e. The maximum atomic E-state index is 4.49. The second-order valence-corrected chi connectivity index (χ2v) is 6.91. The molecule has 114 valence electrons. The first-order chi connectivity index (χ1) is 10.6. The van der Waals surface area contributed by atoms with Crippen molar-refractivity contribution in [1.29, 1.82) is 0 Å². The molecule has 1 atom stereocenters. The van der Waals surface area contributed by atoms with Crippen molar-refractivity contribution in [3.8, 4) is 0 Å². The fourth-order valence-corrected chi connectivity index (χ4v) is 3.66. The molecule has 0 saturated heterocycles. The summed E-state index contributed by atoms with van der Waals surface area (Å²) in [6.07, 6.45) is 2.76. The van der Waals surface area contributed by atoms with Gasteiger partial charge in [-0.15, -0.1) is 11.3 Å². The molecule has 22 heavy (non-hydrogen) atoms. The van der Waals surface area contributed by atoms with Crippen LogP contribution in [-0.4, -0.2) is 9.97 Å². The normalized spacial score (nSPS) is 12.5. The molecule has 0 aliphatic carbocycles. The smallest absolute Gasteiger partial charge is 0.142 e. The standard InChI is InChI=1S/C18H21N3S/c1-5-11(2)14-8-6-7-9-15(14)21-17-16-12(3)13(4)22-18(16)20-10-19-17/h6-11H,5H2,1-4H3,(H,19,20,21). The third-order valence-corrected chi connectivity index (χ3v) is 5.44. The van der Waals surface area contributed by atoms with Gasteiger partial charge in [-0.25, -0.2) is 9.97 Å². The van der Waals surface area contributed by atoms with Gasteiger partial charge in [-0.2, -0.15) is 0 Å². The number of hydrogen-bond acceptors (Lipinski definition) is 4. The molecular weight excluding hydrogens is 290 g/mol. The number of fused-ring (bicyclic) bond motifs is 1.